The second-order valence-electron chi connectivity index (χ2n) is 5.91. The molecule has 1 rings (SSSR count). The molecule has 1 unspecified atom stereocenters. The Morgan fingerprint density at radius 1 is 1.24 bits per heavy atom. The maximum absolute atomic E-state index is 13.7. The normalized spacial score (nSPS) is 12.7. The van der Waals surface area contributed by atoms with Crippen LogP contribution in [0.5, 0.6) is 0 Å². The van der Waals surface area contributed by atoms with Gasteiger partial charge in [-0.25, -0.2) is 8.78 Å². The molecule has 3 nitrogen and oxygen atoms in total. The first kappa shape index (κ1) is 17.5. The molecule has 0 spiro atoms. The quantitative estimate of drug-likeness (QED) is 0.840. The lowest BCUT2D eigenvalue weighted by molar-refractivity contribution is 0.246. The molecule has 0 heterocycles. The number of rotatable bonds is 7. The fraction of sp³-hybridized carbons (Fsp3) is 0.562. The lowest BCUT2D eigenvalue weighted by Crippen LogP contribution is -2.38. The molecule has 21 heavy (non-hydrogen) atoms. The second-order valence-corrected chi connectivity index (χ2v) is 5.91. The Hall–Kier alpha value is -1.51. The van der Waals surface area contributed by atoms with Crippen LogP contribution in [-0.4, -0.2) is 31.6 Å². The highest BCUT2D eigenvalue weighted by molar-refractivity contribution is 5.34. The summed E-state index contributed by atoms with van der Waals surface area (Å²) >= 11 is 0. The largest absolute Gasteiger partial charge is 0.311 e. The Bertz CT molecular complexity index is 484. The third-order valence-electron chi connectivity index (χ3n) is 3.43. The van der Waals surface area contributed by atoms with Crippen LogP contribution in [0.4, 0.5) is 8.78 Å². The number of nitrogens with one attached hydrogen (secondary N) is 1. The zero-order valence-electron chi connectivity index (χ0n) is 13.1. The van der Waals surface area contributed by atoms with E-state index in [9.17, 15) is 8.78 Å². The van der Waals surface area contributed by atoms with Gasteiger partial charge in [-0.15, -0.1) is 0 Å². The van der Waals surface area contributed by atoms with Crippen molar-refractivity contribution in [2.24, 2.45) is 5.92 Å². The van der Waals surface area contributed by atoms with Crippen LogP contribution in [0.15, 0.2) is 12.1 Å². The molecule has 1 aromatic carbocycles. The van der Waals surface area contributed by atoms with Crippen molar-refractivity contribution in [1.29, 1.82) is 5.26 Å². The minimum Gasteiger partial charge on any atom is -0.311 e. The van der Waals surface area contributed by atoms with Crippen LogP contribution in [-0.2, 0) is 6.54 Å². The lowest BCUT2D eigenvalue weighted by atomic mass is 10.0. The van der Waals surface area contributed by atoms with Crippen LogP contribution in [0.3, 0.4) is 0 Å². The first-order valence-corrected chi connectivity index (χ1v) is 7.10. The van der Waals surface area contributed by atoms with E-state index in [0.29, 0.717) is 18.5 Å². The van der Waals surface area contributed by atoms with Crippen molar-refractivity contribution in [2.75, 3.05) is 20.6 Å². The zero-order valence-corrected chi connectivity index (χ0v) is 13.1. The molecule has 116 valence electrons. The van der Waals surface area contributed by atoms with Crippen LogP contribution >= 0.6 is 0 Å². The molecule has 1 atom stereocenters. The molecule has 0 bridgehead atoms. The molecular weight excluding hydrogens is 272 g/mol. The molecule has 0 aromatic heterocycles. The fourth-order valence-corrected chi connectivity index (χ4v) is 2.22. The molecule has 1 N–H and O–H groups in total. The van der Waals surface area contributed by atoms with Gasteiger partial charge in [0, 0.05) is 24.7 Å². The Morgan fingerprint density at radius 3 is 2.24 bits per heavy atom. The van der Waals surface area contributed by atoms with Gasteiger partial charge >= 0.3 is 0 Å². The smallest absolute Gasteiger partial charge is 0.131 e. The van der Waals surface area contributed by atoms with Crippen molar-refractivity contribution in [2.45, 2.75) is 32.9 Å². The van der Waals surface area contributed by atoms with Gasteiger partial charge in [-0.2, -0.15) is 5.26 Å². The molecule has 0 aliphatic rings. The molecule has 0 aliphatic heterocycles. The van der Waals surface area contributed by atoms with Crippen LogP contribution in [0.1, 0.15) is 31.4 Å². The molecule has 0 aliphatic carbocycles. The summed E-state index contributed by atoms with van der Waals surface area (Å²) in [5.41, 5.74) is -0.0178. The third-order valence-corrected chi connectivity index (χ3v) is 3.43. The van der Waals surface area contributed by atoms with Gasteiger partial charge in [0.1, 0.15) is 11.6 Å². The van der Waals surface area contributed by atoms with E-state index in [2.05, 4.69) is 24.1 Å². The lowest BCUT2D eigenvalue weighted by Gasteiger charge is -2.26. The van der Waals surface area contributed by atoms with E-state index in [4.69, 9.17) is 5.26 Å². The highest BCUT2D eigenvalue weighted by Gasteiger charge is 2.15. The maximum atomic E-state index is 13.7. The summed E-state index contributed by atoms with van der Waals surface area (Å²) in [7, 11) is 4.00. The van der Waals surface area contributed by atoms with Crippen molar-refractivity contribution in [3.8, 4) is 6.07 Å². The first-order chi connectivity index (χ1) is 9.85. The van der Waals surface area contributed by atoms with E-state index in [1.807, 2.05) is 14.1 Å². The highest BCUT2D eigenvalue weighted by atomic mass is 19.1. The number of nitrogens with zero attached hydrogens (tertiary/aromatic N) is 2. The maximum Gasteiger partial charge on any atom is 0.131 e. The van der Waals surface area contributed by atoms with Gasteiger partial charge in [0.05, 0.1) is 11.6 Å². The zero-order chi connectivity index (χ0) is 16.0. The Balaban J connectivity index is 2.65. The molecule has 5 heteroatoms. The summed E-state index contributed by atoms with van der Waals surface area (Å²) in [6, 6.07) is 4.19. The van der Waals surface area contributed by atoms with Gasteiger partial charge in [-0.3, -0.25) is 0 Å². The van der Waals surface area contributed by atoms with E-state index >= 15 is 0 Å². The highest BCUT2D eigenvalue weighted by Crippen LogP contribution is 2.15. The van der Waals surface area contributed by atoms with Crippen LogP contribution in [0.25, 0.3) is 0 Å². The van der Waals surface area contributed by atoms with Gasteiger partial charge in [-0.1, -0.05) is 13.8 Å². The van der Waals surface area contributed by atoms with Crippen LogP contribution in [0, 0.1) is 28.9 Å². The number of nitriles is 1. The van der Waals surface area contributed by atoms with E-state index in [-0.39, 0.29) is 17.7 Å². The number of hydrogen-bond donors (Lipinski definition) is 1. The van der Waals surface area contributed by atoms with Crippen molar-refractivity contribution in [3.63, 3.8) is 0 Å². The minimum absolute atomic E-state index is 0.000254. The topological polar surface area (TPSA) is 39.1 Å². The molecule has 0 radical (unpaired) electrons. The van der Waals surface area contributed by atoms with Gasteiger partial charge in [-0.05, 0) is 38.6 Å². The summed E-state index contributed by atoms with van der Waals surface area (Å²) in [5.74, 6) is -0.795. The standard InChI is InChI=1S/C16H23F2N3/c1-11(2)5-13(21(3)4)9-20-10-14-15(17)6-12(8-19)7-16(14)18/h6-7,11,13,20H,5,9-10H2,1-4H3. The second kappa shape index (κ2) is 8.06. The average molecular weight is 295 g/mol. The molecule has 1 aromatic rings. The Kier molecular flexibility index (Phi) is 6.73. The van der Waals surface area contributed by atoms with Gasteiger partial charge in [0.15, 0.2) is 0 Å². The van der Waals surface area contributed by atoms with E-state index < -0.39 is 11.6 Å². The summed E-state index contributed by atoms with van der Waals surface area (Å²) in [4.78, 5) is 2.11. The fourth-order valence-electron chi connectivity index (χ4n) is 2.22. The summed E-state index contributed by atoms with van der Waals surface area (Å²) in [6.07, 6.45) is 1.01. The summed E-state index contributed by atoms with van der Waals surface area (Å²) < 4.78 is 27.5. The van der Waals surface area contributed by atoms with Gasteiger partial charge in [0.25, 0.3) is 0 Å². The monoisotopic (exact) mass is 295 g/mol. The predicted octanol–water partition coefficient (Wildman–Crippen LogP) is 2.90. The van der Waals surface area contributed by atoms with Crippen molar-refractivity contribution >= 4 is 0 Å². The Morgan fingerprint density at radius 2 is 1.81 bits per heavy atom. The van der Waals surface area contributed by atoms with Crippen LogP contribution < -0.4 is 5.32 Å². The van der Waals surface area contributed by atoms with Crippen LogP contribution in [0.2, 0.25) is 0 Å². The molecule has 0 saturated heterocycles. The van der Waals surface area contributed by atoms with Crippen molar-refractivity contribution < 1.29 is 8.78 Å². The van der Waals surface area contributed by atoms with Crippen molar-refractivity contribution in [1.82, 2.24) is 10.2 Å². The molecule has 0 saturated carbocycles. The average Bonchev–Trinajstić information content (AvgIpc) is 2.39. The number of halogens is 2. The van der Waals surface area contributed by atoms with E-state index in [1.165, 1.54) is 0 Å². The van der Waals surface area contributed by atoms with E-state index in [1.54, 1.807) is 6.07 Å². The third kappa shape index (κ3) is 5.41. The molecule has 0 fully saturated rings. The van der Waals surface area contributed by atoms with E-state index in [0.717, 1.165) is 18.6 Å². The predicted molar refractivity (Wildman–Crippen MR) is 79.7 cm³/mol. The van der Waals surface area contributed by atoms with Gasteiger partial charge < -0.3 is 10.2 Å². The SMILES string of the molecule is CC(C)CC(CNCc1c(F)cc(C#N)cc1F)N(C)C. The number of likely N-dealkylation sites (N-methyl/N-ethyl adjacent to an activating group) is 1. The molecule has 0 amide bonds. The minimum atomic E-state index is -0.677. The first-order valence-electron chi connectivity index (χ1n) is 7.10. The number of benzene rings is 1. The number of hydrogen-bond acceptors (Lipinski definition) is 3. The van der Waals surface area contributed by atoms with Gasteiger partial charge in [0.2, 0.25) is 0 Å². The molecular formula is C16H23F2N3. The summed E-state index contributed by atoms with van der Waals surface area (Å²) in [6.45, 7) is 5.07. The summed E-state index contributed by atoms with van der Waals surface area (Å²) in [5, 5.41) is 11.8. The Labute approximate surface area is 125 Å². The van der Waals surface area contributed by atoms with Crippen molar-refractivity contribution in [3.05, 3.63) is 34.9 Å².